The van der Waals surface area contributed by atoms with Crippen molar-refractivity contribution in [3.05, 3.63) is 12.2 Å². The molecule has 0 saturated heterocycles. The number of quaternary nitrogens is 1. The zero-order valence-corrected chi connectivity index (χ0v) is 36.6. The van der Waals surface area contributed by atoms with Crippen LogP contribution in [0.1, 0.15) is 206 Å². The zero-order valence-electron chi connectivity index (χ0n) is 35.7. The molecule has 0 radical (unpaired) electrons. The molecule has 0 spiro atoms. The Balaban J connectivity index is 4.21. The Morgan fingerprint density at radius 3 is 1.43 bits per heavy atom. The number of hydrogen-bond donors (Lipinski definition) is 0. The first-order chi connectivity index (χ1) is 25.6. The van der Waals surface area contributed by atoms with Crippen LogP contribution < -0.4 is 4.89 Å². The number of allylic oxidation sites excluding steroid dienone is 2. The molecule has 2 atom stereocenters. The number of carbonyl (C=O) groups is 1. The van der Waals surface area contributed by atoms with Crippen molar-refractivity contribution in [3.63, 3.8) is 0 Å². The van der Waals surface area contributed by atoms with Crippen molar-refractivity contribution in [2.24, 2.45) is 0 Å². The van der Waals surface area contributed by atoms with E-state index in [0.29, 0.717) is 24.1 Å². The van der Waals surface area contributed by atoms with Gasteiger partial charge in [-0.3, -0.25) is 9.36 Å². The maximum atomic E-state index is 12.7. The first kappa shape index (κ1) is 52.2. The summed E-state index contributed by atoms with van der Waals surface area (Å²) in [5.41, 5.74) is 0. The molecule has 0 fully saturated rings. The molecule has 0 aliphatic heterocycles. The normalized spacial score (nSPS) is 13.8. The molecule has 0 saturated carbocycles. The van der Waals surface area contributed by atoms with Crippen LogP contribution in [-0.2, 0) is 27.9 Å². The molecule has 9 heteroatoms. The van der Waals surface area contributed by atoms with Crippen LogP contribution in [0.4, 0.5) is 0 Å². The fourth-order valence-electron chi connectivity index (χ4n) is 6.31. The molecule has 2 unspecified atom stereocenters. The van der Waals surface area contributed by atoms with E-state index in [1.165, 1.54) is 141 Å². The highest BCUT2D eigenvalue weighted by molar-refractivity contribution is 7.45. The van der Waals surface area contributed by atoms with Gasteiger partial charge in [-0.05, 0) is 38.5 Å². The number of esters is 1. The third-order valence-corrected chi connectivity index (χ3v) is 10.8. The SMILES string of the molecule is CCCCCCCC/C=C\CCCCCCCC(=O)OC(COCCCCCCCCCCCCCCCCCC)COP(=O)([O-])OCC[N+](C)(C)C. The summed E-state index contributed by atoms with van der Waals surface area (Å²) in [4.78, 5) is 25.0. The Hall–Kier alpha value is -0.760. The highest BCUT2D eigenvalue weighted by atomic mass is 31.2. The second-order valence-electron chi connectivity index (χ2n) is 16.4. The van der Waals surface area contributed by atoms with E-state index in [4.69, 9.17) is 18.5 Å². The third-order valence-electron chi connectivity index (χ3n) is 9.82. The molecule has 0 aromatic rings. The molecular weight excluding hydrogens is 685 g/mol. The summed E-state index contributed by atoms with van der Waals surface area (Å²) in [7, 11) is 1.36. The van der Waals surface area contributed by atoms with Gasteiger partial charge in [0.1, 0.15) is 19.3 Å². The molecule has 0 bridgehead atoms. The van der Waals surface area contributed by atoms with E-state index in [-0.39, 0.29) is 25.8 Å². The van der Waals surface area contributed by atoms with E-state index in [1.807, 2.05) is 21.1 Å². The first-order valence-electron chi connectivity index (χ1n) is 22.4. The van der Waals surface area contributed by atoms with Crippen molar-refractivity contribution in [1.29, 1.82) is 0 Å². The summed E-state index contributed by atoms with van der Waals surface area (Å²) < 4.78 is 34.6. The fourth-order valence-corrected chi connectivity index (χ4v) is 7.03. The van der Waals surface area contributed by atoms with Crippen LogP contribution >= 0.6 is 7.82 Å². The van der Waals surface area contributed by atoms with Gasteiger partial charge in [0.25, 0.3) is 7.82 Å². The number of nitrogens with zero attached hydrogens (tertiary/aromatic N) is 1. The van der Waals surface area contributed by atoms with Crippen LogP contribution in [-0.4, -0.2) is 70.7 Å². The Labute approximate surface area is 329 Å². The summed E-state index contributed by atoms with van der Waals surface area (Å²) in [5, 5.41) is 0. The van der Waals surface area contributed by atoms with Gasteiger partial charge < -0.3 is 27.9 Å². The minimum absolute atomic E-state index is 0.0277. The number of carbonyl (C=O) groups excluding carboxylic acids is 1. The standard InChI is InChI=1S/C44H88NO7P/c1-6-8-10-12-14-16-18-20-22-24-26-28-30-32-34-36-39-49-41-43(42-51-53(47,48)50-40-38-45(3,4)5)52-44(46)37-35-33-31-29-27-25-23-21-19-17-15-13-11-9-7-2/h21,23,43H,6-20,22,24-42H2,1-5H3/b23-21-. The summed E-state index contributed by atoms with van der Waals surface area (Å²) in [6.45, 7) is 5.43. The Bertz CT molecular complexity index is 863. The molecule has 0 aliphatic rings. The summed E-state index contributed by atoms with van der Waals surface area (Å²) in [5.74, 6) is -0.339. The number of hydrogen-bond acceptors (Lipinski definition) is 7. The number of likely N-dealkylation sites (N-methyl/N-ethyl adjacent to an activating group) is 1. The lowest BCUT2D eigenvalue weighted by Crippen LogP contribution is -2.37. The van der Waals surface area contributed by atoms with E-state index in [9.17, 15) is 14.3 Å². The van der Waals surface area contributed by atoms with Crippen LogP contribution in [0.5, 0.6) is 0 Å². The fraction of sp³-hybridized carbons (Fsp3) is 0.932. The number of rotatable bonds is 42. The minimum Gasteiger partial charge on any atom is -0.756 e. The van der Waals surface area contributed by atoms with Gasteiger partial charge in [-0.2, -0.15) is 0 Å². The van der Waals surface area contributed by atoms with Crippen molar-refractivity contribution < 1.29 is 37.3 Å². The summed E-state index contributed by atoms with van der Waals surface area (Å²) in [6.07, 6.45) is 40.7. The van der Waals surface area contributed by atoms with E-state index >= 15 is 0 Å². The van der Waals surface area contributed by atoms with Gasteiger partial charge in [-0.15, -0.1) is 0 Å². The molecule has 0 amide bonds. The second-order valence-corrected chi connectivity index (χ2v) is 17.8. The molecule has 0 heterocycles. The first-order valence-corrected chi connectivity index (χ1v) is 23.9. The van der Waals surface area contributed by atoms with E-state index in [2.05, 4.69) is 26.0 Å². The van der Waals surface area contributed by atoms with E-state index < -0.39 is 13.9 Å². The van der Waals surface area contributed by atoms with Crippen LogP contribution in [0.15, 0.2) is 12.2 Å². The molecule has 0 aromatic carbocycles. The molecule has 0 N–H and O–H groups in total. The predicted molar refractivity (Wildman–Crippen MR) is 222 cm³/mol. The molecule has 316 valence electrons. The lowest BCUT2D eigenvalue weighted by Gasteiger charge is -2.28. The van der Waals surface area contributed by atoms with Crippen LogP contribution in [0, 0.1) is 0 Å². The lowest BCUT2D eigenvalue weighted by molar-refractivity contribution is -0.870. The largest absolute Gasteiger partial charge is 0.756 e. The summed E-state index contributed by atoms with van der Waals surface area (Å²) >= 11 is 0. The zero-order chi connectivity index (χ0) is 39.1. The predicted octanol–water partition coefficient (Wildman–Crippen LogP) is 12.4. The smallest absolute Gasteiger partial charge is 0.306 e. The molecule has 0 aliphatic carbocycles. The highest BCUT2D eigenvalue weighted by Crippen LogP contribution is 2.38. The number of phosphoric ester groups is 1. The van der Waals surface area contributed by atoms with Crippen LogP contribution in [0.25, 0.3) is 0 Å². The van der Waals surface area contributed by atoms with E-state index in [1.54, 1.807) is 0 Å². The second kappa shape index (κ2) is 38.1. The molecule has 0 rings (SSSR count). The Morgan fingerprint density at radius 1 is 0.566 bits per heavy atom. The molecule has 8 nitrogen and oxygen atoms in total. The Kier molecular flexibility index (Phi) is 37.6. The monoisotopic (exact) mass is 774 g/mol. The maximum absolute atomic E-state index is 12.7. The van der Waals surface area contributed by atoms with Gasteiger partial charge in [0.15, 0.2) is 0 Å². The van der Waals surface area contributed by atoms with Gasteiger partial charge >= 0.3 is 5.97 Å². The van der Waals surface area contributed by atoms with Crippen LogP contribution in [0.3, 0.4) is 0 Å². The van der Waals surface area contributed by atoms with Gasteiger partial charge in [0.05, 0.1) is 34.4 Å². The van der Waals surface area contributed by atoms with Gasteiger partial charge in [0.2, 0.25) is 0 Å². The van der Waals surface area contributed by atoms with Crippen molar-refractivity contribution in [3.8, 4) is 0 Å². The number of unbranched alkanes of at least 4 members (excludes halogenated alkanes) is 26. The van der Waals surface area contributed by atoms with Gasteiger partial charge in [0, 0.05) is 13.0 Å². The van der Waals surface area contributed by atoms with Gasteiger partial charge in [-0.1, -0.05) is 174 Å². The van der Waals surface area contributed by atoms with Crippen molar-refractivity contribution in [1.82, 2.24) is 0 Å². The molecule has 53 heavy (non-hydrogen) atoms. The Morgan fingerprint density at radius 2 is 0.981 bits per heavy atom. The maximum Gasteiger partial charge on any atom is 0.306 e. The topological polar surface area (TPSA) is 94.1 Å². The lowest BCUT2D eigenvalue weighted by atomic mass is 10.0. The van der Waals surface area contributed by atoms with Crippen molar-refractivity contribution in [2.45, 2.75) is 213 Å². The third kappa shape index (κ3) is 42.2. The number of phosphoric acid groups is 1. The highest BCUT2D eigenvalue weighted by Gasteiger charge is 2.20. The molecular formula is C44H88NO7P. The van der Waals surface area contributed by atoms with E-state index in [0.717, 1.165) is 44.9 Å². The molecule has 0 aromatic heterocycles. The van der Waals surface area contributed by atoms with Gasteiger partial charge in [-0.25, -0.2) is 0 Å². The van der Waals surface area contributed by atoms with Crippen molar-refractivity contribution >= 4 is 13.8 Å². The quantitative estimate of drug-likeness (QED) is 0.0200. The minimum atomic E-state index is -4.52. The average Bonchev–Trinajstić information content (AvgIpc) is 3.11. The average molecular weight is 774 g/mol. The van der Waals surface area contributed by atoms with Crippen molar-refractivity contribution in [2.75, 3.05) is 54.1 Å². The summed E-state index contributed by atoms with van der Waals surface area (Å²) in [6, 6.07) is 0. The number of ether oxygens (including phenoxy) is 2. The van der Waals surface area contributed by atoms with Crippen LogP contribution in [0.2, 0.25) is 0 Å².